The van der Waals surface area contributed by atoms with Gasteiger partial charge >= 0.3 is 0 Å². The summed E-state index contributed by atoms with van der Waals surface area (Å²) in [6, 6.07) is 7.85. The van der Waals surface area contributed by atoms with E-state index in [1.165, 1.54) is 0 Å². The molecular formula is C10H11O. The van der Waals surface area contributed by atoms with Gasteiger partial charge in [-0.2, -0.15) is 0 Å². The number of benzene rings is 1. The average Bonchev–Trinajstić information content (AvgIpc) is 2.06. The highest BCUT2D eigenvalue weighted by molar-refractivity contribution is 5.34. The topological polar surface area (TPSA) is 9.23 Å². The Morgan fingerprint density at radius 2 is 2.18 bits per heavy atom. The zero-order valence-corrected chi connectivity index (χ0v) is 6.58. The van der Waals surface area contributed by atoms with E-state index in [-0.39, 0.29) is 0 Å². The van der Waals surface area contributed by atoms with Crippen molar-refractivity contribution in [2.45, 2.75) is 6.42 Å². The second-order valence-corrected chi connectivity index (χ2v) is 2.25. The van der Waals surface area contributed by atoms with Crippen LogP contribution in [0, 0.1) is 6.58 Å². The zero-order chi connectivity index (χ0) is 8.10. The lowest BCUT2D eigenvalue weighted by atomic mass is 10.1. The van der Waals surface area contributed by atoms with Gasteiger partial charge in [0.15, 0.2) is 0 Å². The molecule has 0 saturated carbocycles. The molecule has 0 aliphatic rings. The Balaban J connectivity index is 2.92. The molecule has 0 heterocycles. The van der Waals surface area contributed by atoms with Gasteiger partial charge in [-0.15, -0.1) is 0 Å². The number of hydrogen-bond acceptors (Lipinski definition) is 1. The summed E-state index contributed by atoms with van der Waals surface area (Å²) in [5, 5.41) is 0. The van der Waals surface area contributed by atoms with E-state index < -0.39 is 0 Å². The summed E-state index contributed by atoms with van der Waals surface area (Å²) in [6.07, 6.45) is 2.38. The van der Waals surface area contributed by atoms with E-state index in [1.807, 2.05) is 24.3 Å². The van der Waals surface area contributed by atoms with E-state index in [0.717, 1.165) is 17.7 Å². The lowest BCUT2D eigenvalue weighted by molar-refractivity contribution is 0.410. The Kier molecular flexibility index (Phi) is 2.73. The smallest absolute Gasteiger partial charge is 0.122 e. The molecule has 0 bridgehead atoms. The third-order valence-electron chi connectivity index (χ3n) is 1.53. The van der Waals surface area contributed by atoms with Crippen LogP contribution in [0.15, 0.2) is 30.3 Å². The largest absolute Gasteiger partial charge is 0.496 e. The van der Waals surface area contributed by atoms with Crippen LogP contribution in [0.25, 0.3) is 0 Å². The van der Waals surface area contributed by atoms with Crippen molar-refractivity contribution in [3.63, 3.8) is 0 Å². The predicted octanol–water partition coefficient (Wildman–Crippen LogP) is 2.23. The molecule has 0 atom stereocenters. The minimum atomic E-state index is 0.754. The van der Waals surface area contributed by atoms with Gasteiger partial charge in [-0.1, -0.05) is 30.9 Å². The number of rotatable bonds is 3. The third-order valence-corrected chi connectivity index (χ3v) is 1.53. The van der Waals surface area contributed by atoms with Crippen LogP contribution in [0.2, 0.25) is 0 Å². The van der Waals surface area contributed by atoms with Crippen molar-refractivity contribution in [1.82, 2.24) is 0 Å². The van der Waals surface area contributed by atoms with E-state index in [2.05, 4.69) is 0 Å². The first-order chi connectivity index (χ1) is 5.38. The molecule has 1 radical (unpaired) electrons. The van der Waals surface area contributed by atoms with Crippen molar-refractivity contribution in [2.24, 2.45) is 0 Å². The summed E-state index contributed by atoms with van der Waals surface area (Å²) in [6.45, 7) is 5.30. The van der Waals surface area contributed by atoms with Gasteiger partial charge in [0.25, 0.3) is 0 Å². The van der Waals surface area contributed by atoms with E-state index in [1.54, 1.807) is 13.2 Å². The number of methoxy groups -OCH3 is 1. The quantitative estimate of drug-likeness (QED) is 0.637. The Morgan fingerprint density at radius 1 is 1.45 bits per heavy atom. The number of hydrogen-bond donors (Lipinski definition) is 0. The lowest BCUT2D eigenvalue weighted by Gasteiger charge is -2.04. The average molecular weight is 147 g/mol. The molecule has 1 rings (SSSR count). The van der Waals surface area contributed by atoms with Gasteiger partial charge in [-0.25, -0.2) is 0 Å². The highest BCUT2D eigenvalue weighted by atomic mass is 16.5. The van der Waals surface area contributed by atoms with E-state index >= 15 is 0 Å². The molecule has 0 N–H and O–H groups in total. The highest BCUT2D eigenvalue weighted by Gasteiger charge is 1.96. The molecule has 1 heteroatoms. The van der Waals surface area contributed by atoms with Crippen molar-refractivity contribution in [3.05, 3.63) is 42.5 Å². The number of allylic oxidation sites excluding steroid dienone is 1. The third kappa shape index (κ3) is 1.84. The van der Waals surface area contributed by atoms with Crippen molar-refractivity contribution in [1.29, 1.82) is 0 Å². The normalized spacial score (nSPS) is 9.18. The van der Waals surface area contributed by atoms with Gasteiger partial charge in [-0.3, -0.25) is 0 Å². The van der Waals surface area contributed by atoms with Gasteiger partial charge in [0, 0.05) is 0 Å². The molecule has 0 amide bonds. The summed E-state index contributed by atoms with van der Waals surface area (Å²) in [5.41, 5.74) is 1.12. The maximum absolute atomic E-state index is 5.30. The van der Waals surface area contributed by atoms with Crippen molar-refractivity contribution >= 4 is 0 Å². The SMILES string of the molecule is [CH]=CCc1ccccc1OC. The van der Waals surface area contributed by atoms with Crippen LogP contribution in [0.3, 0.4) is 0 Å². The molecule has 0 aliphatic heterocycles. The second-order valence-electron chi connectivity index (χ2n) is 2.25. The van der Waals surface area contributed by atoms with Gasteiger partial charge in [0.2, 0.25) is 0 Å². The van der Waals surface area contributed by atoms with Gasteiger partial charge in [0.05, 0.1) is 7.11 Å². The Morgan fingerprint density at radius 3 is 2.82 bits per heavy atom. The molecule has 1 aromatic rings. The number of ether oxygens (including phenoxy) is 1. The summed E-state index contributed by atoms with van der Waals surface area (Å²) in [5.74, 6) is 0.897. The lowest BCUT2D eigenvalue weighted by Crippen LogP contribution is -1.89. The zero-order valence-electron chi connectivity index (χ0n) is 6.58. The van der Waals surface area contributed by atoms with Crippen LogP contribution < -0.4 is 4.74 Å². The van der Waals surface area contributed by atoms with Crippen molar-refractivity contribution < 1.29 is 4.74 Å². The van der Waals surface area contributed by atoms with Crippen LogP contribution in [0.1, 0.15) is 5.56 Å². The molecule has 1 nitrogen and oxygen atoms in total. The van der Waals surface area contributed by atoms with E-state index in [9.17, 15) is 0 Å². The minimum Gasteiger partial charge on any atom is -0.496 e. The molecule has 0 saturated heterocycles. The first kappa shape index (κ1) is 7.86. The molecule has 57 valence electrons. The Bertz CT molecular complexity index is 240. The molecule has 0 spiro atoms. The van der Waals surface area contributed by atoms with Crippen LogP contribution >= 0.6 is 0 Å². The van der Waals surface area contributed by atoms with E-state index in [0.29, 0.717) is 0 Å². The summed E-state index contributed by atoms with van der Waals surface area (Å²) < 4.78 is 5.12. The summed E-state index contributed by atoms with van der Waals surface area (Å²) in [4.78, 5) is 0. The molecule has 11 heavy (non-hydrogen) atoms. The van der Waals surface area contributed by atoms with Gasteiger partial charge in [0.1, 0.15) is 5.75 Å². The summed E-state index contributed by atoms with van der Waals surface area (Å²) in [7, 11) is 1.66. The first-order valence-corrected chi connectivity index (χ1v) is 3.53. The van der Waals surface area contributed by atoms with Crippen LogP contribution in [0.5, 0.6) is 5.75 Å². The highest BCUT2D eigenvalue weighted by Crippen LogP contribution is 2.17. The van der Waals surface area contributed by atoms with E-state index in [4.69, 9.17) is 11.3 Å². The molecule has 0 fully saturated rings. The monoisotopic (exact) mass is 147 g/mol. The van der Waals surface area contributed by atoms with Crippen LogP contribution in [-0.2, 0) is 6.42 Å². The molecule has 0 unspecified atom stereocenters. The second kappa shape index (κ2) is 3.81. The molecule has 0 aliphatic carbocycles. The van der Waals surface area contributed by atoms with Crippen LogP contribution in [-0.4, -0.2) is 7.11 Å². The van der Waals surface area contributed by atoms with Crippen molar-refractivity contribution in [3.8, 4) is 5.75 Å². The maximum atomic E-state index is 5.30. The molecule has 0 aromatic heterocycles. The van der Waals surface area contributed by atoms with Crippen LogP contribution in [0.4, 0.5) is 0 Å². The van der Waals surface area contributed by atoms with Crippen molar-refractivity contribution in [2.75, 3.05) is 7.11 Å². The fourth-order valence-corrected chi connectivity index (χ4v) is 0.999. The fraction of sp³-hybridized carbons (Fsp3) is 0.200. The first-order valence-electron chi connectivity index (χ1n) is 3.53. The van der Waals surface area contributed by atoms with Gasteiger partial charge < -0.3 is 4.74 Å². The predicted molar refractivity (Wildman–Crippen MR) is 45.6 cm³/mol. The number of para-hydroxylation sites is 1. The standard InChI is InChI=1S/C10H11O/c1-3-6-9-7-4-5-8-10(9)11-2/h1,3-5,7-8H,6H2,2H3. The Labute approximate surface area is 67.3 Å². The summed E-state index contributed by atoms with van der Waals surface area (Å²) >= 11 is 0. The molecular weight excluding hydrogens is 136 g/mol. The maximum Gasteiger partial charge on any atom is 0.122 e. The minimum absolute atomic E-state index is 0.754. The van der Waals surface area contributed by atoms with Gasteiger partial charge in [-0.05, 0) is 18.1 Å². The fourth-order valence-electron chi connectivity index (χ4n) is 0.999. The molecule has 1 aromatic carbocycles. The Hall–Kier alpha value is -1.24.